The van der Waals surface area contributed by atoms with E-state index in [4.69, 9.17) is 15.0 Å². The fraction of sp³-hybridized carbons (Fsp3) is 0.538. The number of hydrogen-bond acceptors (Lipinski definition) is 3. The van der Waals surface area contributed by atoms with Crippen LogP contribution in [0.2, 0.25) is 0 Å². The van der Waals surface area contributed by atoms with Gasteiger partial charge in [-0.15, -0.1) is 0 Å². The fourth-order valence-corrected chi connectivity index (χ4v) is 2.00. The van der Waals surface area contributed by atoms with E-state index in [9.17, 15) is 13.2 Å². The molecular weight excluding hydrogens is 270 g/mol. The Labute approximate surface area is 116 Å². The zero-order chi connectivity index (χ0) is 15.3. The molecule has 2 N–H and O–H groups in total. The van der Waals surface area contributed by atoms with Crippen LogP contribution in [-0.4, -0.2) is 18.3 Å². The zero-order valence-electron chi connectivity index (χ0n) is 11.8. The second-order valence-corrected chi connectivity index (χ2v) is 5.94. The summed E-state index contributed by atoms with van der Waals surface area (Å²) in [5.41, 5.74) is 4.24. The summed E-state index contributed by atoms with van der Waals surface area (Å²) in [6.45, 7) is 7.23. The SMILES string of the molecule is CC1(C)OB([C@@H](N)c2cc(F)cc(F)c2F)OC1(C)C. The molecule has 0 spiro atoms. The lowest BCUT2D eigenvalue weighted by atomic mass is 9.74. The predicted octanol–water partition coefficient (Wildman–Crippen LogP) is 2.74. The van der Waals surface area contributed by atoms with Crippen LogP contribution in [0.5, 0.6) is 0 Å². The van der Waals surface area contributed by atoms with Crippen molar-refractivity contribution >= 4 is 7.12 Å². The van der Waals surface area contributed by atoms with Gasteiger partial charge in [-0.05, 0) is 33.8 Å². The lowest BCUT2D eigenvalue weighted by Crippen LogP contribution is -2.41. The van der Waals surface area contributed by atoms with Crippen molar-refractivity contribution in [2.75, 3.05) is 0 Å². The summed E-state index contributed by atoms with van der Waals surface area (Å²) in [5.74, 6) is -4.49. The van der Waals surface area contributed by atoms with Gasteiger partial charge in [0, 0.05) is 11.6 Å². The lowest BCUT2D eigenvalue weighted by Gasteiger charge is -2.32. The molecule has 1 aromatic rings. The molecule has 3 nitrogen and oxygen atoms in total. The Balaban J connectivity index is 2.32. The highest BCUT2D eigenvalue weighted by Crippen LogP contribution is 2.40. The number of halogens is 3. The van der Waals surface area contributed by atoms with E-state index < -0.39 is 41.7 Å². The normalized spacial score (nSPS) is 22.1. The molecule has 0 bridgehead atoms. The largest absolute Gasteiger partial charge is 0.480 e. The summed E-state index contributed by atoms with van der Waals surface area (Å²) < 4.78 is 51.5. The van der Waals surface area contributed by atoms with E-state index in [0.717, 1.165) is 6.07 Å². The van der Waals surface area contributed by atoms with E-state index in [2.05, 4.69) is 0 Å². The van der Waals surface area contributed by atoms with Gasteiger partial charge in [-0.3, -0.25) is 0 Å². The molecule has 0 saturated carbocycles. The summed E-state index contributed by atoms with van der Waals surface area (Å²) in [6, 6.07) is 1.32. The first kappa shape index (κ1) is 15.3. The standard InChI is InChI=1S/C13H17BF3NO2/c1-12(2)13(3,4)20-14(19-12)11(18)8-5-7(15)6-9(16)10(8)17/h5-6,11H,18H2,1-4H3/t11-/m0/s1. The molecule has 0 unspecified atom stereocenters. The monoisotopic (exact) mass is 287 g/mol. The van der Waals surface area contributed by atoms with E-state index in [1.807, 2.05) is 27.7 Å². The van der Waals surface area contributed by atoms with E-state index in [0.29, 0.717) is 6.07 Å². The van der Waals surface area contributed by atoms with Crippen molar-refractivity contribution in [2.24, 2.45) is 5.73 Å². The maximum Gasteiger partial charge on any atom is 0.480 e. The van der Waals surface area contributed by atoms with Gasteiger partial charge in [-0.25, -0.2) is 13.2 Å². The van der Waals surface area contributed by atoms with Gasteiger partial charge in [0.1, 0.15) is 5.82 Å². The maximum absolute atomic E-state index is 13.7. The van der Waals surface area contributed by atoms with Crippen molar-refractivity contribution in [2.45, 2.75) is 44.8 Å². The number of benzene rings is 1. The minimum absolute atomic E-state index is 0.305. The van der Waals surface area contributed by atoms with Crippen LogP contribution < -0.4 is 5.73 Å². The molecule has 1 saturated heterocycles. The summed E-state index contributed by atoms with van der Waals surface area (Å²) >= 11 is 0. The Kier molecular flexibility index (Phi) is 3.65. The van der Waals surface area contributed by atoms with E-state index >= 15 is 0 Å². The van der Waals surface area contributed by atoms with Crippen molar-refractivity contribution in [1.29, 1.82) is 0 Å². The quantitative estimate of drug-likeness (QED) is 0.672. The highest BCUT2D eigenvalue weighted by Gasteiger charge is 2.53. The molecule has 1 aliphatic heterocycles. The molecule has 1 atom stereocenters. The number of nitrogens with two attached hydrogens (primary N) is 1. The molecular formula is C13H17BF3NO2. The van der Waals surface area contributed by atoms with E-state index in [1.54, 1.807) is 0 Å². The molecule has 1 aliphatic rings. The minimum atomic E-state index is -1.29. The minimum Gasteiger partial charge on any atom is -0.402 e. The Morgan fingerprint density at radius 1 is 1.05 bits per heavy atom. The third-order valence-corrected chi connectivity index (χ3v) is 3.94. The molecule has 110 valence electrons. The highest BCUT2D eigenvalue weighted by molar-refractivity contribution is 6.47. The topological polar surface area (TPSA) is 44.5 Å². The summed E-state index contributed by atoms with van der Waals surface area (Å²) in [6.07, 6.45) is 0. The second-order valence-electron chi connectivity index (χ2n) is 5.94. The average Bonchev–Trinajstić information content (AvgIpc) is 2.52. The van der Waals surface area contributed by atoms with Crippen LogP contribution in [0, 0.1) is 17.5 Å². The Morgan fingerprint density at radius 2 is 1.55 bits per heavy atom. The maximum atomic E-state index is 13.7. The summed E-state index contributed by atoms with van der Waals surface area (Å²) in [4.78, 5) is 0. The van der Waals surface area contributed by atoms with Crippen molar-refractivity contribution in [3.63, 3.8) is 0 Å². The van der Waals surface area contributed by atoms with Crippen LogP contribution in [0.3, 0.4) is 0 Å². The van der Waals surface area contributed by atoms with Gasteiger partial charge in [0.2, 0.25) is 0 Å². The third kappa shape index (κ3) is 2.45. The summed E-state index contributed by atoms with van der Waals surface area (Å²) in [7, 11) is -0.976. The van der Waals surface area contributed by atoms with Gasteiger partial charge in [0.05, 0.1) is 17.1 Å². The van der Waals surface area contributed by atoms with Crippen molar-refractivity contribution < 1.29 is 22.5 Å². The van der Waals surface area contributed by atoms with Crippen LogP contribution in [0.25, 0.3) is 0 Å². The fourth-order valence-electron chi connectivity index (χ4n) is 2.00. The number of hydrogen-bond donors (Lipinski definition) is 1. The first-order valence-electron chi connectivity index (χ1n) is 6.31. The van der Waals surface area contributed by atoms with E-state index in [1.165, 1.54) is 0 Å². The van der Waals surface area contributed by atoms with Crippen LogP contribution in [0.15, 0.2) is 12.1 Å². The molecule has 7 heteroatoms. The van der Waals surface area contributed by atoms with Gasteiger partial charge in [0.15, 0.2) is 11.6 Å². The van der Waals surface area contributed by atoms with Crippen molar-refractivity contribution in [1.82, 2.24) is 0 Å². The van der Waals surface area contributed by atoms with Gasteiger partial charge < -0.3 is 15.0 Å². The molecule has 1 aromatic carbocycles. The molecule has 2 rings (SSSR count). The Morgan fingerprint density at radius 3 is 2.05 bits per heavy atom. The first-order chi connectivity index (χ1) is 9.05. The molecule has 0 aromatic heterocycles. The highest BCUT2D eigenvalue weighted by atomic mass is 19.2. The smallest absolute Gasteiger partial charge is 0.402 e. The van der Waals surface area contributed by atoms with Crippen molar-refractivity contribution in [3.8, 4) is 0 Å². The van der Waals surface area contributed by atoms with Gasteiger partial charge in [-0.2, -0.15) is 0 Å². The Bertz CT molecular complexity index is 521. The lowest BCUT2D eigenvalue weighted by molar-refractivity contribution is 0.00578. The first-order valence-corrected chi connectivity index (χ1v) is 6.31. The molecule has 0 aliphatic carbocycles. The van der Waals surface area contributed by atoms with Crippen LogP contribution in [0.4, 0.5) is 13.2 Å². The van der Waals surface area contributed by atoms with Gasteiger partial charge in [-0.1, -0.05) is 0 Å². The second kappa shape index (κ2) is 4.75. The van der Waals surface area contributed by atoms with Gasteiger partial charge >= 0.3 is 7.12 Å². The zero-order valence-corrected chi connectivity index (χ0v) is 11.8. The number of rotatable bonds is 2. The van der Waals surface area contributed by atoms with Crippen LogP contribution in [-0.2, 0) is 9.31 Å². The van der Waals surface area contributed by atoms with Crippen molar-refractivity contribution in [3.05, 3.63) is 35.1 Å². The molecule has 0 radical (unpaired) electrons. The average molecular weight is 287 g/mol. The van der Waals surface area contributed by atoms with Crippen LogP contribution in [0.1, 0.15) is 39.2 Å². The summed E-state index contributed by atoms with van der Waals surface area (Å²) in [5, 5.41) is 0. The molecule has 20 heavy (non-hydrogen) atoms. The molecule has 1 heterocycles. The van der Waals surface area contributed by atoms with E-state index in [-0.39, 0.29) is 5.56 Å². The Hall–Kier alpha value is -1.05. The van der Waals surface area contributed by atoms with Gasteiger partial charge in [0.25, 0.3) is 0 Å². The molecule has 1 fully saturated rings. The predicted molar refractivity (Wildman–Crippen MR) is 69.3 cm³/mol. The molecule has 0 amide bonds. The third-order valence-electron chi connectivity index (χ3n) is 3.94. The van der Waals surface area contributed by atoms with Crippen LogP contribution >= 0.6 is 0 Å².